The SMILES string of the molecule is C=C(C(=O)OC)c1ccc(F)cc1N(C)CCC. The molecule has 0 spiro atoms. The summed E-state index contributed by atoms with van der Waals surface area (Å²) >= 11 is 0. The van der Waals surface area contributed by atoms with Gasteiger partial charge >= 0.3 is 5.97 Å². The number of carbonyl (C=O) groups excluding carboxylic acids is 1. The lowest BCUT2D eigenvalue weighted by Gasteiger charge is -2.22. The van der Waals surface area contributed by atoms with Crippen LogP contribution in [-0.4, -0.2) is 26.7 Å². The highest BCUT2D eigenvalue weighted by Gasteiger charge is 2.16. The summed E-state index contributed by atoms with van der Waals surface area (Å²) in [4.78, 5) is 13.4. The largest absolute Gasteiger partial charge is 0.465 e. The van der Waals surface area contributed by atoms with E-state index < -0.39 is 5.97 Å². The van der Waals surface area contributed by atoms with Crippen LogP contribution in [0.2, 0.25) is 0 Å². The molecule has 0 fully saturated rings. The zero-order valence-corrected chi connectivity index (χ0v) is 11.0. The summed E-state index contributed by atoms with van der Waals surface area (Å²) in [6.07, 6.45) is 0.928. The first-order chi connectivity index (χ1) is 8.51. The molecule has 1 aromatic carbocycles. The van der Waals surface area contributed by atoms with Crippen LogP contribution < -0.4 is 4.90 Å². The molecule has 4 heteroatoms. The number of carbonyl (C=O) groups is 1. The summed E-state index contributed by atoms with van der Waals surface area (Å²) in [5.74, 6) is -0.845. The van der Waals surface area contributed by atoms with Crippen LogP contribution in [0.5, 0.6) is 0 Å². The number of nitrogens with zero attached hydrogens (tertiary/aromatic N) is 1. The number of rotatable bonds is 5. The molecule has 0 saturated carbocycles. The van der Waals surface area contributed by atoms with Crippen LogP contribution in [0.1, 0.15) is 18.9 Å². The summed E-state index contributed by atoms with van der Waals surface area (Å²) in [5, 5.41) is 0. The van der Waals surface area contributed by atoms with Gasteiger partial charge in [-0.1, -0.05) is 13.5 Å². The van der Waals surface area contributed by atoms with Gasteiger partial charge in [-0.3, -0.25) is 0 Å². The predicted molar refractivity (Wildman–Crippen MR) is 71.0 cm³/mol. The van der Waals surface area contributed by atoms with Crippen LogP contribution >= 0.6 is 0 Å². The van der Waals surface area contributed by atoms with E-state index in [4.69, 9.17) is 0 Å². The van der Waals surface area contributed by atoms with Crippen LogP contribution in [0.15, 0.2) is 24.8 Å². The Morgan fingerprint density at radius 1 is 1.50 bits per heavy atom. The number of anilines is 1. The molecule has 18 heavy (non-hydrogen) atoms. The van der Waals surface area contributed by atoms with Gasteiger partial charge in [0.05, 0.1) is 12.7 Å². The third-order valence-corrected chi connectivity index (χ3v) is 2.69. The molecule has 3 nitrogen and oxygen atoms in total. The van der Waals surface area contributed by atoms with Gasteiger partial charge in [-0.05, 0) is 24.6 Å². The molecule has 0 N–H and O–H groups in total. The van der Waals surface area contributed by atoms with Gasteiger partial charge in [0.25, 0.3) is 0 Å². The highest BCUT2D eigenvalue weighted by atomic mass is 19.1. The van der Waals surface area contributed by atoms with Crippen LogP contribution in [-0.2, 0) is 9.53 Å². The first-order valence-electron chi connectivity index (χ1n) is 5.79. The molecule has 0 aliphatic rings. The second kappa shape index (κ2) is 6.19. The maximum atomic E-state index is 13.3. The summed E-state index contributed by atoms with van der Waals surface area (Å²) in [6.45, 7) is 6.51. The molecule has 1 rings (SSSR count). The van der Waals surface area contributed by atoms with Crippen LogP contribution in [0, 0.1) is 5.82 Å². The van der Waals surface area contributed by atoms with Crippen molar-refractivity contribution in [1.29, 1.82) is 0 Å². The van der Waals surface area contributed by atoms with E-state index >= 15 is 0 Å². The van der Waals surface area contributed by atoms with Gasteiger partial charge in [0, 0.05) is 24.8 Å². The summed E-state index contributed by atoms with van der Waals surface area (Å²) in [7, 11) is 3.15. The normalized spacial score (nSPS) is 10.0. The summed E-state index contributed by atoms with van der Waals surface area (Å²) in [5.41, 5.74) is 1.47. The third kappa shape index (κ3) is 3.09. The lowest BCUT2D eigenvalue weighted by Crippen LogP contribution is -2.20. The Morgan fingerprint density at radius 2 is 2.17 bits per heavy atom. The molecule has 0 aliphatic heterocycles. The van der Waals surface area contributed by atoms with Crippen molar-refractivity contribution >= 4 is 17.2 Å². The molecule has 0 heterocycles. The van der Waals surface area contributed by atoms with Gasteiger partial charge in [-0.25, -0.2) is 9.18 Å². The Bertz CT molecular complexity index is 457. The summed E-state index contributed by atoms with van der Waals surface area (Å²) in [6, 6.07) is 4.27. The van der Waals surface area contributed by atoms with Gasteiger partial charge < -0.3 is 9.64 Å². The maximum Gasteiger partial charge on any atom is 0.337 e. The first-order valence-corrected chi connectivity index (χ1v) is 5.79. The lowest BCUT2D eigenvalue weighted by molar-refractivity contribution is -0.133. The van der Waals surface area contributed by atoms with Crippen molar-refractivity contribution in [3.63, 3.8) is 0 Å². The van der Waals surface area contributed by atoms with Crippen molar-refractivity contribution in [1.82, 2.24) is 0 Å². The van der Waals surface area contributed by atoms with Gasteiger partial charge in [-0.2, -0.15) is 0 Å². The van der Waals surface area contributed by atoms with Crippen molar-refractivity contribution in [3.8, 4) is 0 Å². The number of hydrogen-bond donors (Lipinski definition) is 0. The van der Waals surface area contributed by atoms with Gasteiger partial charge in [0.15, 0.2) is 0 Å². The fraction of sp³-hybridized carbons (Fsp3) is 0.357. The number of esters is 1. The zero-order valence-electron chi connectivity index (χ0n) is 11.0. The van der Waals surface area contributed by atoms with E-state index in [-0.39, 0.29) is 11.4 Å². The zero-order chi connectivity index (χ0) is 13.7. The van der Waals surface area contributed by atoms with Crippen molar-refractivity contribution in [2.45, 2.75) is 13.3 Å². The fourth-order valence-corrected chi connectivity index (χ4v) is 1.76. The van der Waals surface area contributed by atoms with E-state index in [1.165, 1.54) is 19.2 Å². The van der Waals surface area contributed by atoms with Crippen molar-refractivity contribution < 1.29 is 13.9 Å². The number of ether oxygens (including phenoxy) is 1. The van der Waals surface area contributed by atoms with E-state index in [1.807, 2.05) is 18.9 Å². The maximum absolute atomic E-state index is 13.3. The number of benzene rings is 1. The summed E-state index contributed by atoms with van der Waals surface area (Å²) < 4.78 is 18.0. The van der Waals surface area contributed by atoms with E-state index in [1.54, 1.807) is 6.07 Å². The first kappa shape index (κ1) is 14.2. The average molecular weight is 251 g/mol. The van der Waals surface area contributed by atoms with Gasteiger partial charge in [0.2, 0.25) is 0 Å². The average Bonchev–Trinajstić information content (AvgIpc) is 2.37. The second-order valence-corrected chi connectivity index (χ2v) is 4.05. The lowest BCUT2D eigenvalue weighted by atomic mass is 10.0. The fourth-order valence-electron chi connectivity index (χ4n) is 1.76. The standard InChI is InChI=1S/C14H18FNO2/c1-5-8-16(3)13-9-11(15)6-7-12(13)10(2)14(17)18-4/h6-7,9H,2,5,8H2,1,3-4H3. The molecule has 98 valence electrons. The van der Waals surface area contributed by atoms with Crippen molar-refractivity contribution in [2.24, 2.45) is 0 Å². The van der Waals surface area contributed by atoms with E-state index in [2.05, 4.69) is 11.3 Å². The molecule has 0 radical (unpaired) electrons. The van der Waals surface area contributed by atoms with Gasteiger partial charge in [0.1, 0.15) is 5.82 Å². The topological polar surface area (TPSA) is 29.5 Å². The smallest absolute Gasteiger partial charge is 0.337 e. The Hall–Kier alpha value is -1.84. The Balaban J connectivity index is 3.18. The Morgan fingerprint density at radius 3 is 2.72 bits per heavy atom. The van der Waals surface area contributed by atoms with Crippen molar-refractivity contribution in [3.05, 3.63) is 36.2 Å². The number of methoxy groups -OCH3 is 1. The number of hydrogen-bond acceptors (Lipinski definition) is 3. The van der Waals surface area contributed by atoms with Crippen LogP contribution in [0.4, 0.5) is 10.1 Å². The minimum absolute atomic E-state index is 0.232. The molecular formula is C14H18FNO2. The molecule has 0 aromatic heterocycles. The second-order valence-electron chi connectivity index (χ2n) is 4.05. The quantitative estimate of drug-likeness (QED) is 0.595. The van der Waals surface area contributed by atoms with Crippen molar-refractivity contribution in [2.75, 3.05) is 25.6 Å². The molecule has 0 atom stereocenters. The minimum Gasteiger partial charge on any atom is -0.465 e. The van der Waals surface area contributed by atoms with E-state index in [0.29, 0.717) is 11.3 Å². The number of halogens is 1. The molecule has 0 bridgehead atoms. The monoisotopic (exact) mass is 251 g/mol. The highest BCUT2D eigenvalue weighted by molar-refractivity contribution is 6.17. The van der Waals surface area contributed by atoms with Gasteiger partial charge in [-0.15, -0.1) is 0 Å². The third-order valence-electron chi connectivity index (χ3n) is 2.69. The predicted octanol–water partition coefficient (Wildman–Crippen LogP) is 2.86. The minimum atomic E-state index is -0.507. The highest BCUT2D eigenvalue weighted by Crippen LogP contribution is 2.27. The van der Waals surface area contributed by atoms with Crippen LogP contribution in [0.3, 0.4) is 0 Å². The molecule has 0 amide bonds. The van der Waals surface area contributed by atoms with E-state index in [9.17, 15) is 9.18 Å². The molecule has 0 saturated heterocycles. The Kier molecular flexibility index (Phi) is 4.89. The molecule has 1 aromatic rings. The molecular weight excluding hydrogens is 233 g/mol. The Labute approximate surface area is 107 Å². The van der Waals surface area contributed by atoms with E-state index in [0.717, 1.165) is 13.0 Å². The molecule has 0 unspecified atom stereocenters. The molecule has 0 aliphatic carbocycles. The van der Waals surface area contributed by atoms with Crippen LogP contribution in [0.25, 0.3) is 5.57 Å².